The molecule has 1 saturated heterocycles. The molecule has 1 amide bonds. The minimum Gasteiger partial charge on any atom is -0.379 e. The molecule has 1 aromatic rings. The van der Waals surface area contributed by atoms with Crippen molar-refractivity contribution in [3.8, 4) is 0 Å². The van der Waals surface area contributed by atoms with Crippen molar-refractivity contribution >= 4 is 5.91 Å². The molecule has 184 valence electrons. The maximum atomic E-state index is 14.4. The molecule has 2 fully saturated rings. The molecule has 3 heterocycles. The Bertz CT molecular complexity index is 1080. The van der Waals surface area contributed by atoms with Crippen LogP contribution in [0.15, 0.2) is 12.3 Å². The highest BCUT2D eigenvalue weighted by atomic mass is 19.3. The van der Waals surface area contributed by atoms with Gasteiger partial charge >= 0.3 is 0 Å². The zero-order chi connectivity index (χ0) is 29.7. The van der Waals surface area contributed by atoms with Gasteiger partial charge in [-0.2, -0.15) is 0 Å². The Morgan fingerprint density at radius 2 is 2.30 bits per heavy atom. The zero-order valence-electron chi connectivity index (χ0n) is 26.3. The van der Waals surface area contributed by atoms with E-state index in [1.54, 1.807) is 7.11 Å². The van der Waals surface area contributed by atoms with Crippen LogP contribution in [0.3, 0.4) is 0 Å². The van der Waals surface area contributed by atoms with Gasteiger partial charge in [-0.25, -0.2) is 8.78 Å². The molecule has 0 aromatic carbocycles. The summed E-state index contributed by atoms with van der Waals surface area (Å²) in [4.78, 5) is 19.9. The number of hydrogen-bond acceptors (Lipinski definition) is 4. The van der Waals surface area contributed by atoms with Gasteiger partial charge in [-0.1, -0.05) is 13.7 Å². The maximum Gasteiger partial charge on any atom is 0.272 e. The molecule has 2 aliphatic heterocycles. The molecule has 4 rings (SSSR count). The van der Waals surface area contributed by atoms with Gasteiger partial charge in [-0.05, 0) is 61.5 Å². The topological polar surface area (TPSA) is 51.7 Å². The summed E-state index contributed by atoms with van der Waals surface area (Å²) in [6, 6.07) is 1.30. The lowest BCUT2D eigenvalue weighted by Gasteiger charge is -2.40. The highest BCUT2D eigenvalue weighted by Gasteiger charge is 2.50. The van der Waals surface area contributed by atoms with Crippen LogP contribution in [0.25, 0.3) is 0 Å². The van der Waals surface area contributed by atoms with E-state index in [1.165, 1.54) is 11.0 Å². The van der Waals surface area contributed by atoms with Gasteiger partial charge in [0.05, 0.1) is 18.1 Å². The first kappa shape index (κ1) is 16.9. The van der Waals surface area contributed by atoms with Crippen LogP contribution in [-0.4, -0.2) is 48.8 Å². The van der Waals surface area contributed by atoms with Crippen molar-refractivity contribution in [3.63, 3.8) is 0 Å². The highest BCUT2D eigenvalue weighted by molar-refractivity contribution is 5.83. The van der Waals surface area contributed by atoms with Gasteiger partial charge in [0, 0.05) is 67.2 Å². The van der Waals surface area contributed by atoms with Gasteiger partial charge < -0.3 is 14.4 Å². The summed E-state index contributed by atoms with van der Waals surface area (Å²) in [5.74, 6) is -7.02. The van der Waals surface area contributed by atoms with E-state index in [-0.39, 0.29) is 55.9 Å². The van der Waals surface area contributed by atoms with Crippen LogP contribution >= 0.6 is 0 Å². The number of rotatable bonds is 6. The second kappa shape index (κ2) is 9.57. The second-order valence-corrected chi connectivity index (χ2v) is 9.89. The maximum absolute atomic E-state index is 14.4. The van der Waals surface area contributed by atoms with E-state index in [0.29, 0.717) is 37.3 Å². The fourth-order valence-electron chi connectivity index (χ4n) is 5.73. The third-order valence-corrected chi connectivity index (χ3v) is 7.72. The Balaban J connectivity index is 1.71. The lowest BCUT2D eigenvalue weighted by molar-refractivity contribution is -0.146. The molecule has 1 aromatic heterocycles. The molecule has 5 nitrogen and oxygen atoms in total. The summed E-state index contributed by atoms with van der Waals surface area (Å²) in [6.07, 6.45) is 2.78. The van der Waals surface area contributed by atoms with Gasteiger partial charge in [0.25, 0.3) is 5.92 Å². The number of aromatic nitrogens is 1. The molecular formula is C26H38F2N2O3. The largest absolute Gasteiger partial charge is 0.379 e. The van der Waals surface area contributed by atoms with Gasteiger partial charge in [0.2, 0.25) is 5.91 Å². The average Bonchev–Trinajstić information content (AvgIpc) is 3.30. The Morgan fingerprint density at radius 1 is 1.48 bits per heavy atom. The van der Waals surface area contributed by atoms with Gasteiger partial charge in [-0.3, -0.25) is 9.78 Å². The van der Waals surface area contributed by atoms with Crippen LogP contribution in [0, 0.1) is 23.1 Å². The molecule has 0 bridgehead atoms. The lowest BCUT2D eigenvalue weighted by Crippen LogP contribution is -2.47. The number of pyridine rings is 1. The summed E-state index contributed by atoms with van der Waals surface area (Å²) in [5.41, 5.74) is -1.35. The van der Waals surface area contributed by atoms with E-state index in [0.717, 1.165) is 19.5 Å². The van der Waals surface area contributed by atoms with Crippen molar-refractivity contribution in [1.29, 1.82) is 0 Å². The molecule has 0 N–H and O–H groups in total. The summed E-state index contributed by atoms with van der Waals surface area (Å²) in [6.45, 7) is -4.84. The molecule has 0 spiro atoms. The first-order valence-corrected chi connectivity index (χ1v) is 11.7. The fraction of sp³-hybridized carbons (Fsp3) is 0.769. The molecule has 7 heteroatoms. The first-order chi connectivity index (χ1) is 18.4. The van der Waals surface area contributed by atoms with Gasteiger partial charge in [-0.15, -0.1) is 0 Å². The van der Waals surface area contributed by atoms with E-state index < -0.39 is 36.8 Å². The Kier molecular flexibility index (Phi) is 4.91. The van der Waals surface area contributed by atoms with Crippen molar-refractivity contribution in [2.45, 2.75) is 77.7 Å². The van der Waals surface area contributed by atoms with E-state index in [4.69, 9.17) is 19.1 Å². The van der Waals surface area contributed by atoms with Crippen molar-refractivity contribution in [2.24, 2.45) is 23.1 Å². The molecule has 4 atom stereocenters. The fourth-order valence-corrected chi connectivity index (χ4v) is 5.73. The normalized spacial score (nSPS) is 34.7. The lowest BCUT2D eigenvalue weighted by atomic mass is 9.72. The van der Waals surface area contributed by atoms with Crippen LogP contribution < -0.4 is 0 Å². The summed E-state index contributed by atoms with van der Waals surface area (Å²) in [5, 5.41) is 0. The van der Waals surface area contributed by atoms with E-state index in [1.807, 2.05) is 0 Å². The van der Waals surface area contributed by atoms with E-state index >= 15 is 0 Å². The van der Waals surface area contributed by atoms with E-state index in [9.17, 15) is 13.6 Å². The van der Waals surface area contributed by atoms with Crippen LogP contribution in [0.5, 0.6) is 0 Å². The van der Waals surface area contributed by atoms with Crippen molar-refractivity contribution in [3.05, 3.63) is 29.1 Å². The molecule has 33 heavy (non-hydrogen) atoms. The molecule has 2 unspecified atom stereocenters. The van der Waals surface area contributed by atoms with Crippen molar-refractivity contribution in [2.75, 3.05) is 26.9 Å². The average molecular weight is 472 g/mol. The summed E-state index contributed by atoms with van der Waals surface area (Å²) in [7, 11) is 1.59. The number of ether oxygens (including phenoxy) is 2. The zero-order valence-corrected chi connectivity index (χ0v) is 19.3. The number of nitrogens with zero attached hydrogens (tertiary/aromatic N) is 2. The molecule has 1 aliphatic carbocycles. The second-order valence-electron chi connectivity index (χ2n) is 9.89. The predicted molar refractivity (Wildman–Crippen MR) is 122 cm³/mol. The third kappa shape index (κ3) is 4.95. The number of methoxy groups -OCH3 is 1. The highest BCUT2D eigenvalue weighted by Crippen LogP contribution is 2.51. The van der Waals surface area contributed by atoms with Crippen molar-refractivity contribution in [1.82, 2.24) is 9.88 Å². The molecule has 0 radical (unpaired) electrons. The molecule has 1 saturated carbocycles. The van der Waals surface area contributed by atoms with Crippen LogP contribution in [0.1, 0.15) is 79.1 Å². The number of amides is 1. The SMILES string of the molecule is [2H]C([2H])([2H])C([2H])(C([2H])([2H])[2H])[C@]1(C(=O)N2CCc3ncc(C(C)(F)F)cc3C2)CC[C@@H](CC2CCOCC2OC)C1. The van der Waals surface area contributed by atoms with E-state index in [2.05, 4.69) is 4.98 Å². The number of carbonyl (C=O) groups is 1. The molecule has 3 aliphatic rings. The van der Waals surface area contributed by atoms with Gasteiger partial charge in [0.1, 0.15) is 0 Å². The minimum atomic E-state index is -3.29. The Hall–Kier alpha value is -1.60. The monoisotopic (exact) mass is 471 g/mol. The van der Waals surface area contributed by atoms with Crippen LogP contribution in [-0.2, 0) is 33.2 Å². The number of fused-ring (bicyclic) bond motifs is 1. The first-order valence-electron chi connectivity index (χ1n) is 15.2. The Morgan fingerprint density at radius 3 is 3.03 bits per heavy atom. The predicted octanol–water partition coefficient (Wildman–Crippen LogP) is 4.96. The van der Waals surface area contributed by atoms with Crippen molar-refractivity contribution < 1.29 is 32.6 Å². The smallest absolute Gasteiger partial charge is 0.272 e. The summed E-state index contributed by atoms with van der Waals surface area (Å²) >= 11 is 0. The number of alkyl halides is 2. The number of halogens is 2. The summed E-state index contributed by atoms with van der Waals surface area (Å²) < 4.78 is 97.5. The number of hydrogen-bond donors (Lipinski definition) is 0. The van der Waals surface area contributed by atoms with Crippen LogP contribution in [0.2, 0.25) is 0 Å². The number of carbonyl (C=O) groups excluding carboxylic acids is 1. The van der Waals surface area contributed by atoms with Gasteiger partial charge in [0.15, 0.2) is 0 Å². The standard InChI is InChI=1S/C26H38F2N2O3/c1-17(2)26(8-5-18(13-26)11-19-7-10-33-16-23(19)32-4)24(31)30-9-6-22-20(15-30)12-21(14-29-22)25(3,27)28/h12,14,17-19,23H,5-11,13,15-16H2,1-4H3/t18-,19?,23?,26-/m0/s1/i1D3,2D3,17D. The van der Waals surface area contributed by atoms with Crippen LogP contribution in [0.4, 0.5) is 8.78 Å². The molecular weight excluding hydrogens is 426 g/mol. The Labute approximate surface area is 206 Å². The third-order valence-electron chi connectivity index (χ3n) is 7.72. The minimum absolute atomic E-state index is 0.0609. The quantitative estimate of drug-likeness (QED) is 0.588.